The van der Waals surface area contributed by atoms with Gasteiger partial charge in [-0.1, -0.05) is 18.5 Å². The maximum absolute atomic E-state index is 13.1. The first-order chi connectivity index (χ1) is 9.70. The van der Waals surface area contributed by atoms with Gasteiger partial charge in [0.1, 0.15) is 11.2 Å². The van der Waals surface area contributed by atoms with Gasteiger partial charge in [-0.25, -0.2) is 4.39 Å². The zero-order chi connectivity index (χ0) is 16.3. The molecule has 1 fully saturated rings. The average Bonchev–Trinajstić information content (AvgIpc) is 2.40. The number of rotatable bonds is 2. The molecule has 2 rings (SSSR count). The number of hydrogen-bond donors (Lipinski definition) is 2. The summed E-state index contributed by atoms with van der Waals surface area (Å²) in [4.78, 5) is 0. The number of alkyl halides is 3. The fraction of sp³-hybridized carbons (Fsp3) is 0.571. The molecule has 0 aliphatic heterocycles. The third kappa shape index (κ3) is 3.49. The highest BCUT2D eigenvalue weighted by Crippen LogP contribution is 2.56. The van der Waals surface area contributed by atoms with Crippen molar-refractivity contribution < 1.29 is 27.8 Å². The van der Waals surface area contributed by atoms with Crippen LogP contribution in [0.3, 0.4) is 0 Å². The van der Waals surface area contributed by atoms with Crippen LogP contribution in [0.15, 0.2) is 18.2 Å². The smallest absolute Gasteiger partial charge is 0.396 e. The largest absolute Gasteiger partial charge is 0.400 e. The Balaban J connectivity index is 0.000000491. The summed E-state index contributed by atoms with van der Waals surface area (Å²) in [5, 5.41) is 17.2. The second kappa shape index (κ2) is 6.94. The predicted octanol–water partition coefficient (Wildman–Crippen LogP) is 3.82. The van der Waals surface area contributed by atoms with Gasteiger partial charge in [-0.15, -0.1) is 0 Å². The molecule has 0 aromatic heterocycles. The molecule has 0 saturated heterocycles. The number of aliphatic hydroxyl groups excluding tert-OH is 2. The number of hydrogen-bond acceptors (Lipinski definition) is 2. The Morgan fingerprint density at radius 1 is 1.38 bits per heavy atom. The van der Waals surface area contributed by atoms with Gasteiger partial charge in [-0.2, -0.15) is 13.2 Å². The quantitative estimate of drug-likeness (QED) is 0.810. The second-order valence-electron chi connectivity index (χ2n) is 4.87. The fourth-order valence-electron chi connectivity index (χ4n) is 2.20. The monoisotopic (exact) mass is 328 g/mol. The molecule has 1 aliphatic rings. The molecule has 1 aromatic rings. The molecule has 0 heterocycles. The molecule has 0 amide bonds. The second-order valence-corrected chi connectivity index (χ2v) is 5.28. The normalized spacial score (nSPS) is 24.9. The standard InChI is InChI=1S/C11H9ClF4O.C3H8O/c12-8-2-1-6(13)5-7(8)10(11(14,15)16)4-3-9(10)17;1-2-3-4/h1-2,5,9,17H,3-4H2;4H,2-3H2,1H3. The van der Waals surface area contributed by atoms with Gasteiger partial charge in [0, 0.05) is 11.6 Å². The van der Waals surface area contributed by atoms with Crippen LogP contribution in [-0.4, -0.2) is 29.1 Å². The highest BCUT2D eigenvalue weighted by atomic mass is 35.5. The van der Waals surface area contributed by atoms with E-state index in [2.05, 4.69) is 0 Å². The van der Waals surface area contributed by atoms with Crippen LogP contribution < -0.4 is 0 Å². The van der Waals surface area contributed by atoms with Crippen LogP contribution in [0.5, 0.6) is 0 Å². The summed E-state index contributed by atoms with van der Waals surface area (Å²) in [7, 11) is 0. The molecule has 2 nitrogen and oxygen atoms in total. The Kier molecular flexibility index (Phi) is 6.01. The third-order valence-corrected chi connectivity index (χ3v) is 3.85. The minimum absolute atomic E-state index is 0.0341. The van der Waals surface area contributed by atoms with Crippen molar-refractivity contribution in [1.82, 2.24) is 0 Å². The maximum Gasteiger partial charge on any atom is 0.400 e. The van der Waals surface area contributed by atoms with E-state index >= 15 is 0 Å². The topological polar surface area (TPSA) is 40.5 Å². The molecular weight excluding hydrogens is 312 g/mol. The van der Waals surface area contributed by atoms with E-state index in [4.69, 9.17) is 16.7 Å². The van der Waals surface area contributed by atoms with E-state index in [9.17, 15) is 22.7 Å². The molecular formula is C14H17ClF4O2. The molecule has 120 valence electrons. The van der Waals surface area contributed by atoms with Crippen molar-refractivity contribution in [2.75, 3.05) is 6.61 Å². The van der Waals surface area contributed by atoms with Gasteiger partial charge in [0.25, 0.3) is 0 Å². The molecule has 2 N–H and O–H groups in total. The highest BCUT2D eigenvalue weighted by Gasteiger charge is 2.65. The summed E-state index contributed by atoms with van der Waals surface area (Å²) in [5.74, 6) is -0.799. The van der Waals surface area contributed by atoms with E-state index in [0.717, 1.165) is 24.6 Å². The lowest BCUT2D eigenvalue weighted by Gasteiger charge is -2.48. The maximum atomic E-state index is 13.1. The molecule has 1 aliphatic carbocycles. The van der Waals surface area contributed by atoms with Crippen LogP contribution in [0.2, 0.25) is 5.02 Å². The zero-order valence-electron chi connectivity index (χ0n) is 11.4. The highest BCUT2D eigenvalue weighted by molar-refractivity contribution is 6.31. The van der Waals surface area contributed by atoms with E-state index in [-0.39, 0.29) is 23.4 Å². The lowest BCUT2D eigenvalue weighted by molar-refractivity contribution is -0.248. The molecule has 2 unspecified atom stereocenters. The summed E-state index contributed by atoms with van der Waals surface area (Å²) in [6.45, 7) is 2.25. The molecule has 1 aromatic carbocycles. The predicted molar refractivity (Wildman–Crippen MR) is 71.8 cm³/mol. The van der Waals surface area contributed by atoms with Crippen LogP contribution in [0.4, 0.5) is 17.6 Å². The summed E-state index contributed by atoms with van der Waals surface area (Å²) in [6.07, 6.45) is -5.59. The first kappa shape index (κ1) is 18.2. The van der Waals surface area contributed by atoms with Gasteiger partial charge in [0.05, 0.1) is 6.10 Å². The zero-order valence-corrected chi connectivity index (χ0v) is 12.2. The first-order valence-corrected chi connectivity index (χ1v) is 6.89. The minimum atomic E-state index is -4.65. The van der Waals surface area contributed by atoms with Gasteiger partial charge in [0.2, 0.25) is 0 Å². The third-order valence-electron chi connectivity index (χ3n) is 3.52. The van der Waals surface area contributed by atoms with Gasteiger partial charge < -0.3 is 10.2 Å². The minimum Gasteiger partial charge on any atom is -0.396 e. The van der Waals surface area contributed by atoms with E-state index < -0.39 is 23.5 Å². The average molecular weight is 329 g/mol. The van der Waals surface area contributed by atoms with Crippen molar-refractivity contribution in [2.45, 2.75) is 43.9 Å². The van der Waals surface area contributed by atoms with Gasteiger partial charge in [-0.3, -0.25) is 0 Å². The molecule has 7 heteroatoms. The van der Waals surface area contributed by atoms with E-state index in [1.807, 2.05) is 6.92 Å². The van der Waals surface area contributed by atoms with E-state index in [1.54, 1.807) is 0 Å². The molecule has 21 heavy (non-hydrogen) atoms. The van der Waals surface area contributed by atoms with Crippen LogP contribution >= 0.6 is 11.6 Å². The van der Waals surface area contributed by atoms with Gasteiger partial charge >= 0.3 is 6.18 Å². The van der Waals surface area contributed by atoms with Crippen LogP contribution in [0.25, 0.3) is 0 Å². The number of benzene rings is 1. The number of aliphatic hydroxyl groups is 2. The fourth-order valence-corrected chi connectivity index (χ4v) is 2.49. The SMILES string of the molecule is CCCO.OC1CCC1(c1cc(F)ccc1Cl)C(F)(F)F. The Hall–Kier alpha value is -0.850. The van der Waals surface area contributed by atoms with Crippen molar-refractivity contribution in [2.24, 2.45) is 0 Å². The molecule has 0 radical (unpaired) electrons. The van der Waals surface area contributed by atoms with Crippen molar-refractivity contribution >= 4 is 11.6 Å². The summed E-state index contributed by atoms with van der Waals surface area (Å²) in [6, 6.07) is 2.81. The Morgan fingerprint density at radius 2 is 1.95 bits per heavy atom. The summed E-state index contributed by atoms with van der Waals surface area (Å²) < 4.78 is 52.2. The first-order valence-electron chi connectivity index (χ1n) is 6.51. The van der Waals surface area contributed by atoms with Gasteiger partial charge in [-0.05, 0) is 43.0 Å². The number of halogens is 5. The van der Waals surface area contributed by atoms with E-state index in [0.29, 0.717) is 6.61 Å². The van der Waals surface area contributed by atoms with Crippen LogP contribution in [-0.2, 0) is 5.41 Å². The molecule has 2 atom stereocenters. The molecule has 0 spiro atoms. The summed E-state index contributed by atoms with van der Waals surface area (Å²) in [5.41, 5.74) is -2.81. The molecule has 0 bridgehead atoms. The van der Waals surface area contributed by atoms with Crippen LogP contribution in [0.1, 0.15) is 31.7 Å². The van der Waals surface area contributed by atoms with Crippen molar-refractivity contribution in [1.29, 1.82) is 0 Å². The Bertz CT molecular complexity index is 477. The Labute approximate surface area is 125 Å². The van der Waals surface area contributed by atoms with Crippen LogP contribution in [0, 0.1) is 5.82 Å². The van der Waals surface area contributed by atoms with Crippen molar-refractivity contribution in [3.05, 3.63) is 34.6 Å². The van der Waals surface area contributed by atoms with Crippen molar-refractivity contribution in [3.8, 4) is 0 Å². The lowest BCUT2D eigenvalue weighted by Crippen LogP contribution is -2.58. The van der Waals surface area contributed by atoms with Crippen molar-refractivity contribution in [3.63, 3.8) is 0 Å². The summed E-state index contributed by atoms with van der Waals surface area (Å²) >= 11 is 5.69. The van der Waals surface area contributed by atoms with Gasteiger partial charge in [0.15, 0.2) is 0 Å². The molecule has 1 saturated carbocycles. The van der Waals surface area contributed by atoms with E-state index in [1.165, 1.54) is 0 Å². The Morgan fingerprint density at radius 3 is 2.29 bits per heavy atom. The lowest BCUT2D eigenvalue weighted by atomic mass is 9.61.